The predicted molar refractivity (Wildman–Crippen MR) is 241 cm³/mol. The second kappa shape index (κ2) is 18.5. The van der Waals surface area contributed by atoms with E-state index in [1.807, 2.05) is 39.8 Å². The third-order valence-corrected chi connectivity index (χ3v) is 12.3. The van der Waals surface area contributed by atoms with Crippen molar-refractivity contribution in [3.05, 3.63) is 127 Å². The molecule has 8 heteroatoms. The van der Waals surface area contributed by atoms with E-state index >= 15 is 0 Å². The number of aliphatic hydroxyl groups is 1. The molecule has 2 aromatic heterocycles. The summed E-state index contributed by atoms with van der Waals surface area (Å²) in [7, 11) is 0. The molecule has 1 aliphatic heterocycles. The van der Waals surface area contributed by atoms with Gasteiger partial charge in [0, 0.05) is 58.5 Å². The van der Waals surface area contributed by atoms with Crippen molar-refractivity contribution in [3.63, 3.8) is 0 Å². The Morgan fingerprint density at radius 3 is 2.05 bits per heavy atom. The van der Waals surface area contributed by atoms with Crippen molar-refractivity contribution < 1.29 is 34.7 Å². The van der Waals surface area contributed by atoms with Crippen molar-refractivity contribution in [3.8, 4) is 22.8 Å². The maximum Gasteiger partial charge on any atom is 0.236 e. The monoisotopic (exact) mass is 964 g/mol. The van der Waals surface area contributed by atoms with E-state index in [4.69, 9.17) is 14.7 Å². The van der Waals surface area contributed by atoms with E-state index < -0.39 is 0 Å². The van der Waals surface area contributed by atoms with Crippen LogP contribution in [0, 0.1) is 23.3 Å². The first-order valence-corrected chi connectivity index (χ1v) is 21.3. The average Bonchev–Trinajstić information content (AvgIpc) is 3.58. The van der Waals surface area contributed by atoms with Crippen molar-refractivity contribution in [1.29, 1.82) is 0 Å². The van der Waals surface area contributed by atoms with Crippen LogP contribution in [-0.4, -0.2) is 27.6 Å². The number of benzene rings is 5. The number of ketones is 1. The SMILES string of the molecule is CC(C)(C)Cc1ccc2c(c1)sc1c(-c3[c-]c4ccccc4c(B4c5ccccc5Oc5ccccc54)c3)ncnc12.CCC(CC)C(=O)/C=C(\O)C(CC)CC.[Ir]. The summed E-state index contributed by atoms with van der Waals surface area (Å²) < 4.78 is 8.71. The van der Waals surface area contributed by atoms with Crippen LogP contribution in [0.2, 0.25) is 0 Å². The summed E-state index contributed by atoms with van der Waals surface area (Å²) in [6, 6.07) is 38.2. The van der Waals surface area contributed by atoms with Crippen LogP contribution in [0.25, 0.3) is 42.3 Å². The minimum atomic E-state index is 0. The number of nitrogens with zero attached hydrogens (tertiary/aromatic N) is 2. The van der Waals surface area contributed by atoms with Crippen LogP contribution in [0.1, 0.15) is 79.7 Å². The molecule has 1 radical (unpaired) electrons. The van der Waals surface area contributed by atoms with Crippen LogP contribution >= 0.6 is 11.3 Å². The van der Waals surface area contributed by atoms with E-state index in [-0.39, 0.29) is 55.6 Å². The average molecular weight is 964 g/mol. The standard InChI is InChI=1S/C37H28BN2OS.C13H24O2.Ir/c1-37(2,3)21-23-16-17-27-33(18-23)42-36-34(39-22-40-35(27)36)25-19-24-10-4-5-11-26(24)30(20-25)38-28-12-6-8-14-31(28)41-32-15-9-7-13-29(32)38;1-5-10(6-2)12(14)9-13(15)11(7-3)8-4;/h4-18,20,22H,21H2,1-3H3;9-11,14H,5-8H2,1-4H3;/q-1;;/b;12-9-;. The summed E-state index contributed by atoms with van der Waals surface area (Å²) in [5.74, 6) is 2.35. The smallest absolute Gasteiger partial charge is 0.236 e. The number of carbonyl (C=O) groups is 1. The Bertz CT molecular complexity index is 2540. The Morgan fingerprint density at radius 2 is 1.41 bits per heavy atom. The molecule has 7 aromatic rings. The third-order valence-electron chi connectivity index (χ3n) is 11.2. The molecule has 0 aliphatic carbocycles. The Morgan fingerprint density at radius 1 is 0.793 bits per heavy atom. The molecule has 5 aromatic carbocycles. The van der Waals surface area contributed by atoms with Gasteiger partial charge in [-0.3, -0.25) is 9.78 Å². The number of ether oxygens (including phenoxy) is 1. The number of hydrogen-bond acceptors (Lipinski definition) is 6. The van der Waals surface area contributed by atoms with Crippen molar-refractivity contribution in [1.82, 2.24) is 9.97 Å². The molecule has 0 fully saturated rings. The fraction of sp³-hybridized carbons (Fsp3) is 0.300. The van der Waals surface area contributed by atoms with Gasteiger partial charge in [-0.25, -0.2) is 4.98 Å². The number of para-hydroxylation sites is 2. The molecule has 1 aliphatic rings. The minimum Gasteiger partial charge on any atom is -0.512 e. The van der Waals surface area contributed by atoms with Crippen molar-refractivity contribution >= 4 is 71.3 Å². The molecule has 0 spiro atoms. The van der Waals surface area contributed by atoms with E-state index in [0.29, 0.717) is 0 Å². The number of thiophene rings is 1. The van der Waals surface area contributed by atoms with E-state index in [2.05, 4.69) is 112 Å². The van der Waals surface area contributed by atoms with Gasteiger partial charge in [-0.1, -0.05) is 126 Å². The number of hydrogen-bond donors (Lipinski definition) is 1. The summed E-state index contributed by atoms with van der Waals surface area (Å²) in [6.45, 7) is 14.9. The van der Waals surface area contributed by atoms with Crippen molar-refractivity contribution in [2.24, 2.45) is 17.3 Å². The normalized spacial score (nSPS) is 12.6. The summed E-state index contributed by atoms with van der Waals surface area (Å²) in [6.07, 6.45) is 7.64. The van der Waals surface area contributed by atoms with E-state index in [1.54, 1.807) is 17.7 Å². The van der Waals surface area contributed by atoms with Crippen LogP contribution in [0.15, 0.2) is 115 Å². The van der Waals surface area contributed by atoms with Crippen molar-refractivity contribution in [2.75, 3.05) is 0 Å². The predicted octanol–water partition coefficient (Wildman–Crippen LogP) is 11.5. The second-order valence-electron chi connectivity index (χ2n) is 16.4. The molecule has 0 bridgehead atoms. The zero-order valence-electron chi connectivity index (χ0n) is 34.6. The fourth-order valence-electron chi connectivity index (χ4n) is 8.18. The summed E-state index contributed by atoms with van der Waals surface area (Å²) in [4.78, 5) is 21.4. The van der Waals surface area contributed by atoms with Crippen LogP contribution < -0.4 is 21.1 Å². The van der Waals surface area contributed by atoms with Gasteiger partial charge in [-0.15, -0.1) is 40.4 Å². The molecule has 0 saturated carbocycles. The largest absolute Gasteiger partial charge is 0.512 e. The molecule has 0 unspecified atom stereocenters. The third kappa shape index (κ3) is 9.00. The number of allylic oxidation sites excluding steroid dienone is 2. The zero-order chi connectivity index (χ0) is 40.3. The summed E-state index contributed by atoms with van der Waals surface area (Å²) in [5.41, 5.74) is 8.06. The summed E-state index contributed by atoms with van der Waals surface area (Å²) in [5, 5.41) is 13.2. The van der Waals surface area contributed by atoms with Crippen LogP contribution in [0.4, 0.5) is 0 Å². The van der Waals surface area contributed by atoms with Gasteiger partial charge in [0.05, 0.1) is 11.3 Å². The number of carbonyl (C=O) groups excluding carboxylic acids is 1. The fourth-order valence-corrected chi connectivity index (χ4v) is 9.41. The molecular weight excluding hydrogens is 912 g/mol. The molecule has 1 N–H and O–H groups in total. The maximum absolute atomic E-state index is 11.7. The van der Waals surface area contributed by atoms with Gasteiger partial charge >= 0.3 is 0 Å². The van der Waals surface area contributed by atoms with Crippen LogP contribution in [-0.2, 0) is 31.3 Å². The van der Waals surface area contributed by atoms with Crippen LogP contribution in [0.3, 0.4) is 0 Å². The van der Waals surface area contributed by atoms with Gasteiger partial charge in [0.25, 0.3) is 0 Å². The number of aliphatic hydroxyl groups excluding tert-OH is 1. The molecule has 58 heavy (non-hydrogen) atoms. The number of fused-ring (bicyclic) bond motifs is 6. The Kier molecular flexibility index (Phi) is 13.7. The zero-order valence-corrected chi connectivity index (χ0v) is 37.8. The van der Waals surface area contributed by atoms with Crippen molar-refractivity contribution in [2.45, 2.75) is 80.6 Å². The Labute approximate surface area is 361 Å². The van der Waals surface area contributed by atoms with E-state index in [0.717, 1.165) is 70.5 Å². The van der Waals surface area contributed by atoms with Gasteiger partial charge in [0.2, 0.25) is 6.71 Å². The first kappa shape index (κ1) is 43.0. The molecular formula is C50H52BIrN2O3S-. The Balaban J connectivity index is 0.000000305. The van der Waals surface area contributed by atoms with E-state index in [9.17, 15) is 9.90 Å². The molecule has 299 valence electrons. The molecule has 3 heterocycles. The van der Waals surface area contributed by atoms with Gasteiger partial charge in [0.1, 0.15) is 17.8 Å². The maximum atomic E-state index is 11.7. The molecule has 8 rings (SSSR count). The van der Waals surface area contributed by atoms with Gasteiger partial charge in [0.15, 0.2) is 5.78 Å². The second-order valence-corrected chi connectivity index (χ2v) is 17.4. The number of rotatable bonds is 10. The quantitative estimate of drug-likeness (QED) is 0.0640. The minimum absolute atomic E-state index is 0. The first-order valence-electron chi connectivity index (χ1n) is 20.4. The van der Waals surface area contributed by atoms with Gasteiger partial charge in [-0.05, 0) is 72.2 Å². The van der Waals surface area contributed by atoms with Gasteiger partial charge in [-0.2, -0.15) is 0 Å². The Hall–Kier alpha value is -4.62. The molecule has 0 amide bonds. The topological polar surface area (TPSA) is 72.3 Å². The number of aromatic nitrogens is 2. The molecule has 5 nitrogen and oxygen atoms in total. The summed E-state index contributed by atoms with van der Waals surface area (Å²) >= 11 is 1.78. The van der Waals surface area contributed by atoms with E-state index in [1.165, 1.54) is 43.5 Å². The molecule has 0 atom stereocenters. The van der Waals surface area contributed by atoms with Gasteiger partial charge < -0.3 is 9.84 Å². The molecule has 0 saturated heterocycles. The van der Waals surface area contributed by atoms with Crippen LogP contribution in [0.5, 0.6) is 11.5 Å². The first-order chi connectivity index (χ1) is 27.5.